The number of nitrogens with zero attached hydrogens (tertiary/aromatic N) is 4. The average Bonchev–Trinajstić information content (AvgIpc) is 3.51. The van der Waals surface area contributed by atoms with Crippen LogP contribution in [0.1, 0.15) is 48.9 Å². The van der Waals surface area contributed by atoms with Crippen molar-refractivity contribution in [2.45, 2.75) is 57.2 Å². The third kappa shape index (κ3) is 5.08. The fraction of sp³-hybridized carbons (Fsp3) is 0.480. The van der Waals surface area contributed by atoms with Crippen molar-refractivity contribution in [3.63, 3.8) is 0 Å². The van der Waals surface area contributed by atoms with Crippen LogP contribution < -0.4 is 22.1 Å². The third-order valence-corrected chi connectivity index (χ3v) is 7.19. The molecule has 4 heterocycles. The molecule has 0 spiro atoms. The maximum Gasteiger partial charge on any atom is 0.252 e. The Balaban J connectivity index is 1.42. The third-order valence-electron chi connectivity index (χ3n) is 7.19. The Morgan fingerprint density at radius 3 is 2.69 bits per heavy atom. The molecule has 2 unspecified atom stereocenters. The quantitative estimate of drug-likeness (QED) is 0.390. The van der Waals surface area contributed by atoms with Gasteiger partial charge in [-0.15, -0.1) is 0 Å². The van der Waals surface area contributed by atoms with Gasteiger partial charge in [0.25, 0.3) is 5.91 Å². The predicted octanol–water partition coefficient (Wildman–Crippen LogP) is 3.19. The second kappa shape index (κ2) is 10.2. The summed E-state index contributed by atoms with van der Waals surface area (Å²) in [6.07, 6.45) is 11.9. The molecular formula is C25H33FN8O. The van der Waals surface area contributed by atoms with E-state index in [2.05, 4.69) is 30.1 Å². The van der Waals surface area contributed by atoms with Crippen LogP contribution in [0, 0.1) is 5.82 Å². The normalized spacial score (nSPS) is 20.9. The summed E-state index contributed by atoms with van der Waals surface area (Å²) in [6, 6.07) is 2.99. The highest BCUT2D eigenvalue weighted by atomic mass is 19.1. The maximum absolute atomic E-state index is 14.9. The van der Waals surface area contributed by atoms with Crippen LogP contribution in [0.3, 0.4) is 0 Å². The van der Waals surface area contributed by atoms with E-state index in [0.29, 0.717) is 5.69 Å². The first kappa shape index (κ1) is 23.5. The molecule has 186 valence electrons. The molecule has 0 radical (unpaired) electrons. The Morgan fingerprint density at radius 1 is 1.11 bits per heavy atom. The van der Waals surface area contributed by atoms with Gasteiger partial charge in [0, 0.05) is 36.8 Å². The second-order valence-electron chi connectivity index (χ2n) is 9.58. The zero-order chi connectivity index (χ0) is 24.4. The van der Waals surface area contributed by atoms with E-state index >= 15 is 0 Å². The maximum atomic E-state index is 14.9. The number of pyridine rings is 2. The molecule has 35 heavy (non-hydrogen) atoms. The van der Waals surface area contributed by atoms with Crippen molar-refractivity contribution >= 4 is 34.1 Å². The van der Waals surface area contributed by atoms with E-state index in [0.717, 1.165) is 68.8 Å². The molecule has 3 aromatic heterocycles. The van der Waals surface area contributed by atoms with E-state index < -0.39 is 11.7 Å². The fourth-order valence-electron chi connectivity index (χ4n) is 5.17. The van der Waals surface area contributed by atoms with Crippen molar-refractivity contribution in [1.82, 2.24) is 19.4 Å². The lowest BCUT2D eigenvalue weighted by molar-refractivity contribution is 0.100. The molecule has 1 aliphatic heterocycles. The number of hydrogen-bond acceptors (Lipinski definition) is 7. The fourth-order valence-corrected chi connectivity index (χ4v) is 5.17. The zero-order valence-corrected chi connectivity index (χ0v) is 19.8. The number of primary amides is 1. The molecule has 1 saturated heterocycles. The van der Waals surface area contributed by atoms with Gasteiger partial charge in [-0.1, -0.05) is 12.8 Å². The van der Waals surface area contributed by atoms with Crippen molar-refractivity contribution in [3.05, 3.63) is 42.1 Å². The number of amides is 1. The summed E-state index contributed by atoms with van der Waals surface area (Å²) in [5, 5.41) is 7.27. The topological polar surface area (TPSA) is 127 Å². The molecule has 1 aliphatic carbocycles. The first-order valence-corrected chi connectivity index (χ1v) is 12.4. The van der Waals surface area contributed by atoms with Crippen molar-refractivity contribution in [2.24, 2.45) is 11.5 Å². The van der Waals surface area contributed by atoms with E-state index in [9.17, 15) is 9.18 Å². The van der Waals surface area contributed by atoms with Crippen LogP contribution in [0.5, 0.6) is 0 Å². The van der Waals surface area contributed by atoms with Gasteiger partial charge >= 0.3 is 0 Å². The Labute approximate surface area is 204 Å². The SMILES string of the molecule is NC(=O)c1cc(F)c(NC2CCCCC2N)nc1Nc1cncc2c1ccn2CCN1CCCC1. The zero-order valence-electron chi connectivity index (χ0n) is 19.8. The number of fused-ring (bicyclic) bond motifs is 1. The summed E-state index contributed by atoms with van der Waals surface area (Å²) in [6.45, 7) is 4.16. The molecule has 6 N–H and O–H groups in total. The summed E-state index contributed by atoms with van der Waals surface area (Å²) in [5.74, 6) is -1.15. The molecule has 2 aliphatic rings. The Morgan fingerprint density at radius 2 is 1.91 bits per heavy atom. The van der Waals surface area contributed by atoms with Crippen molar-refractivity contribution in [1.29, 1.82) is 0 Å². The molecule has 1 amide bonds. The lowest BCUT2D eigenvalue weighted by Crippen LogP contribution is -2.43. The highest BCUT2D eigenvalue weighted by Gasteiger charge is 2.25. The summed E-state index contributed by atoms with van der Waals surface area (Å²) >= 11 is 0. The summed E-state index contributed by atoms with van der Waals surface area (Å²) in [5.41, 5.74) is 13.4. The van der Waals surface area contributed by atoms with E-state index in [1.807, 2.05) is 18.5 Å². The minimum atomic E-state index is -0.761. The lowest BCUT2D eigenvalue weighted by atomic mass is 9.91. The molecule has 9 nitrogen and oxygen atoms in total. The highest BCUT2D eigenvalue weighted by Crippen LogP contribution is 2.30. The van der Waals surface area contributed by atoms with Gasteiger partial charge in [-0.3, -0.25) is 9.78 Å². The molecule has 0 aromatic carbocycles. The van der Waals surface area contributed by atoms with Crippen molar-refractivity contribution < 1.29 is 9.18 Å². The van der Waals surface area contributed by atoms with Gasteiger partial charge in [-0.2, -0.15) is 0 Å². The first-order chi connectivity index (χ1) is 17.0. The number of carbonyl (C=O) groups excluding carboxylic acids is 1. The number of nitrogens with two attached hydrogens (primary N) is 2. The van der Waals surface area contributed by atoms with Gasteiger partial charge < -0.3 is 31.6 Å². The molecule has 3 aromatic rings. The first-order valence-electron chi connectivity index (χ1n) is 12.4. The van der Waals surface area contributed by atoms with Crippen LogP contribution in [-0.2, 0) is 6.54 Å². The van der Waals surface area contributed by atoms with Gasteiger partial charge in [0.2, 0.25) is 0 Å². The molecular weight excluding hydrogens is 447 g/mol. The Hall–Kier alpha value is -3.24. The van der Waals surface area contributed by atoms with Gasteiger partial charge in [0.15, 0.2) is 11.6 Å². The van der Waals surface area contributed by atoms with Gasteiger partial charge in [-0.25, -0.2) is 9.37 Å². The van der Waals surface area contributed by atoms with Crippen molar-refractivity contribution in [2.75, 3.05) is 30.3 Å². The summed E-state index contributed by atoms with van der Waals surface area (Å²) in [4.78, 5) is 23.4. The van der Waals surface area contributed by atoms with E-state index in [4.69, 9.17) is 11.5 Å². The van der Waals surface area contributed by atoms with Crippen LogP contribution in [0.2, 0.25) is 0 Å². The molecule has 0 bridgehead atoms. The van der Waals surface area contributed by atoms with Crippen molar-refractivity contribution in [3.8, 4) is 0 Å². The van der Waals surface area contributed by atoms with Gasteiger partial charge in [0.1, 0.15) is 5.82 Å². The van der Waals surface area contributed by atoms with Crippen LogP contribution in [0.4, 0.5) is 21.7 Å². The summed E-state index contributed by atoms with van der Waals surface area (Å²) < 4.78 is 17.0. The van der Waals surface area contributed by atoms with E-state index in [1.54, 1.807) is 6.20 Å². The Bertz CT molecular complexity index is 1210. The number of nitrogens with one attached hydrogen (secondary N) is 2. The lowest BCUT2D eigenvalue weighted by Gasteiger charge is -2.30. The van der Waals surface area contributed by atoms with E-state index in [1.165, 1.54) is 12.8 Å². The van der Waals surface area contributed by atoms with Gasteiger partial charge in [0.05, 0.1) is 29.2 Å². The van der Waals surface area contributed by atoms with Crippen LogP contribution in [0.25, 0.3) is 10.9 Å². The number of halogens is 1. The number of aromatic nitrogens is 3. The minimum absolute atomic E-state index is 0.0218. The molecule has 2 fully saturated rings. The van der Waals surface area contributed by atoms with Gasteiger partial charge in [-0.05, 0) is 50.9 Å². The average molecular weight is 481 g/mol. The number of likely N-dealkylation sites (tertiary alicyclic amines) is 1. The number of rotatable bonds is 8. The highest BCUT2D eigenvalue weighted by molar-refractivity contribution is 6.00. The molecule has 2 atom stereocenters. The largest absolute Gasteiger partial charge is 0.365 e. The predicted molar refractivity (Wildman–Crippen MR) is 135 cm³/mol. The van der Waals surface area contributed by atoms with Crippen LogP contribution in [-0.4, -0.2) is 57.1 Å². The van der Waals surface area contributed by atoms with E-state index in [-0.39, 0.29) is 29.3 Å². The number of carbonyl (C=O) groups is 1. The molecule has 1 saturated carbocycles. The van der Waals surface area contributed by atoms with Crippen LogP contribution >= 0.6 is 0 Å². The van der Waals surface area contributed by atoms with Crippen LogP contribution in [0.15, 0.2) is 30.7 Å². The monoisotopic (exact) mass is 480 g/mol. The smallest absolute Gasteiger partial charge is 0.252 e. The molecule has 10 heteroatoms. The number of hydrogen-bond donors (Lipinski definition) is 4. The Kier molecular flexibility index (Phi) is 6.83. The standard InChI is InChI=1S/C25H33FN8O/c26-18-13-17(23(28)35)24(32-25(18)30-20-6-2-1-5-19(20)27)31-21-14-29-15-22-16(21)7-10-34(22)12-11-33-8-3-4-9-33/h7,10,13-15,19-20H,1-6,8-9,11-12,27H2,(H2,28,35)(H2,30,31,32). The minimum Gasteiger partial charge on any atom is -0.365 e. The summed E-state index contributed by atoms with van der Waals surface area (Å²) in [7, 11) is 0. The molecule has 5 rings (SSSR count). The number of anilines is 3. The second-order valence-corrected chi connectivity index (χ2v) is 9.58.